The fraction of sp³-hybridized carbons (Fsp3) is 0.385. The second-order valence-corrected chi connectivity index (χ2v) is 4.84. The highest BCUT2D eigenvalue weighted by Gasteiger charge is 2.34. The average molecular weight is 333 g/mol. The highest BCUT2D eigenvalue weighted by atomic mass is 35.5. The van der Waals surface area contributed by atoms with Gasteiger partial charge < -0.3 is 25.5 Å². The monoisotopic (exact) mass is 332 g/mol. The molecular formula is C13H17ClN2O6. The predicted molar refractivity (Wildman–Crippen MR) is 78.3 cm³/mol. The molecule has 0 radical (unpaired) electrons. The Morgan fingerprint density at radius 2 is 1.86 bits per heavy atom. The minimum absolute atomic E-state index is 0.405. The van der Waals surface area contributed by atoms with Crippen LogP contribution in [0.1, 0.15) is 5.56 Å². The first-order valence-electron chi connectivity index (χ1n) is 6.29. The fourth-order valence-electron chi connectivity index (χ4n) is 1.49. The van der Waals surface area contributed by atoms with Crippen molar-refractivity contribution in [3.8, 4) is 0 Å². The molecule has 0 spiro atoms. The van der Waals surface area contributed by atoms with Gasteiger partial charge in [0.1, 0.15) is 18.3 Å². The van der Waals surface area contributed by atoms with E-state index in [1.165, 1.54) is 6.21 Å². The number of aliphatic hydroxyl groups excluding tert-OH is 5. The molecule has 1 amide bonds. The SMILES string of the molecule is O=C(N/N=C\c1ccccc1Cl)[C@H](O)[C@H](O)[C@H](O)[C@H](O)CO. The number of hydrogen-bond donors (Lipinski definition) is 6. The van der Waals surface area contributed by atoms with Crippen LogP contribution in [0.3, 0.4) is 0 Å². The van der Waals surface area contributed by atoms with Crippen molar-refractivity contribution in [2.75, 3.05) is 6.61 Å². The van der Waals surface area contributed by atoms with Crippen LogP contribution in [0.5, 0.6) is 0 Å². The van der Waals surface area contributed by atoms with Crippen LogP contribution in [0.15, 0.2) is 29.4 Å². The summed E-state index contributed by atoms with van der Waals surface area (Å²) in [6, 6.07) is 6.69. The maximum absolute atomic E-state index is 11.6. The topological polar surface area (TPSA) is 143 Å². The van der Waals surface area contributed by atoms with Crippen LogP contribution in [0, 0.1) is 0 Å². The number of benzene rings is 1. The van der Waals surface area contributed by atoms with Gasteiger partial charge in [0, 0.05) is 10.6 Å². The van der Waals surface area contributed by atoms with Gasteiger partial charge in [0.15, 0.2) is 6.10 Å². The molecule has 122 valence electrons. The minimum atomic E-state index is -2.04. The maximum Gasteiger partial charge on any atom is 0.271 e. The molecule has 1 rings (SSSR count). The molecule has 0 saturated heterocycles. The van der Waals surface area contributed by atoms with E-state index in [0.29, 0.717) is 10.6 Å². The van der Waals surface area contributed by atoms with Gasteiger partial charge in [0.05, 0.1) is 12.8 Å². The summed E-state index contributed by atoms with van der Waals surface area (Å²) in [5, 5.41) is 50.2. The first kappa shape index (κ1) is 18.5. The van der Waals surface area contributed by atoms with Crippen molar-refractivity contribution in [1.29, 1.82) is 0 Å². The van der Waals surface area contributed by atoms with Crippen LogP contribution >= 0.6 is 11.6 Å². The number of nitrogens with zero attached hydrogens (tertiary/aromatic N) is 1. The number of rotatable bonds is 7. The molecule has 0 bridgehead atoms. The van der Waals surface area contributed by atoms with E-state index in [0.717, 1.165) is 0 Å². The Morgan fingerprint density at radius 3 is 2.45 bits per heavy atom. The zero-order valence-electron chi connectivity index (χ0n) is 11.4. The van der Waals surface area contributed by atoms with Crippen molar-refractivity contribution in [1.82, 2.24) is 5.43 Å². The van der Waals surface area contributed by atoms with Crippen molar-refractivity contribution >= 4 is 23.7 Å². The molecule has 9 heteroatoms. The van der Waals surface area contributed by atoms with E-state index in [1.807, 2.05) is 5.43 Å². The Hall–Kier alpha value is -1.55. The molecule has 0 heterocycles. The van der Waals surface area contributed by atoms with Crippen LogP contribution < -0.4 is 5.43 Å². The Balaban J connectivity index is 2.59. The largest absolute Gasteiger partial charge is 0.394 e. The van der Waals surface area contributed by atoms with Crippen LogP contribution in [0.4, 0.5) is 0 Å². The van der Waals surface area contributed by atoms with Gasteiger partial charge in [0.2, 0.25) is 0 Å². The predicted octanol–water partition coefficient (Wildman–Crippen LogP) is -1.77. The molecule has 4 atom stereocenters. The summed E-state index contributed by atoms with van der Waals surface area (Å²) >= 11 is 5.87. The van der Waals surface area contributed by atoms with E-state index in [2.05, 4.69) is 5.10 Å². The van der Waals surface area contributed by atoms with Gasteiger partial charge in [-0.1, -0.05) is 29.8 Å². The van der Waals surface area contributed by atoms with Crippen molar-refractivity contribution in [3.05, 3.63) is 34.9 Å². The van der Waals surface area contributed by atoms with Gasteiger partial charge in [-0.25, -0.2) is 5.43 Å². The second-order valence-electron chi connectivity index (χ2n) is 4.43. The van der Waals surface area contributed by atoms with Crippen LogP contribution in [0.2, 0.25) is 5.02 Å². The number of halogens is 1. The highest BCUT2D eigenvalue weighted by Crippen LogP contribution is 2.12. The minimum Gasteiger partial charge on any atom is -0.394 e. The van der Waals surface area contributed by atoms with Gasteiger partial charge in [-0.05, 0) is 6.07 Å². The van der Waals surface area contributed by atoms with Gasteiger partial charge in [-0.2, -0.15) is 5.10 Å². The third-order valence-electron chi connectivity index (χ3n) is 2.81. The maximum atomic E-state index is 11.6. The van der Waals surface area contributed by atoms with E-state index in [-0.39, 0.29) is 0 Å². The third-order valence-corrected chi connectivity index (χ3v) is 3.15. The lowest BCUT2D eigenvalue weighted by molar-refractivity contribution is -0.148. The summed E-state index contributed by atoms with van der Waals surface area (Å²) in [7, 11) is 0. The first-order chi connectivity index (χ1) is 10.4. The quantitative estimate of drug-likeness (QED) is 0.257. The number of amides is 1. The van der Waals surface area contributed by atoms with E-state index in [1.54, 1.807) is 24.3 Å². The third kappa shape index (κ3) is 5.02. The Bertz CT molecular complexity index is 527. The Kier molecular flexibility index (Phi) is 7.39. The van der Waals surface area contributed by atoms with Crippen molar-refractivity contribution < 1.29 is 30.3 Å². The smallest absolute Gasteiger partial charge is 0.271 e. The molecule has 6 N–H and O–H groups in total. The van der Waals surface area contributed by atoms with Gasteiger partial charge >= 0.3 is 0 Å². The lowest BCUT2D eigenvalue weighted by Gasteiger charge is -2.24. The van der Waals surface area contributed by atoms with E-state index in [9.17, 15) is 20.1 Å². The Labute approximate surface area is 131 Å². The van der Waals surface area contributed by atoms with Crippen molar-refractivity contribution in [2.24, 2.45) is 5.10 Å². The summed E-state index contributed by atoms with van der Waals surface area (Å²) in [6.07, 6.45) is -6.38. The Morgan fingerprint density at radius 1 is 1.23 bits per heavy atom. The number of carbonyl (C=O) groups is 1. The van der Waals surface area contributed by atoms with Gasteiger partial charge in [0.25, 0.3) is 5.91 Å². The molecule has 0 fully saturated rings. The normalized spacial score (nSPS) is 17.0. The van der Waals surface area contributed by atoms with Crippen molar-refractivity contribution in [2.45, 2.75) is 24.4 Å². The molecule has 1 aromatic rings. The fourth-order valence-corrected chi connectivity index (χ4v) is 1.67. The number of hydrogen-bond acceptors (Lipinski definition) is 7. The second kappa shape index (κ2) is 8.79. The molecule has 0 saturated carbocycles. The lowest BCUT2D eigenvalue weighted by atomic mass is 10.0. The standard InChI is InChI=1S/C13H17ClN2O6/c14-8-4-2-1-3-7(8)5-15-16-13(22)12(21)11(20)10(19)9(18)6-17/h1-5,9-12,17-21H,6H2,(H,16,22)/b15-5-/t9-,10-,11-,12-/m1/s1. The van der Waals surface area contributed by atoms with Gasteiger partial charge in [-0.15, -0.1) is 0 Å². The molecule has 0 aromatic heterocycles. The van der Waals surface area contributed by atoms with Crippen molar-refractivity contribution in [3.63, 3.8) is 0 Å². The zero-order valence-corrected chi connectivity index (χ0v) is 12.1. The lowest BCUT2D eigenvalue weighted by Crippen LogP contribution is -2.50. The number of hydrazone groups is 1. The van der Waals surface area contributed by atoms with E-state index in [4.69, 9.17) is 21.8 Å². The summed E-state index contributed by atoms with van der Waals surface area (Å²) in [5.74, 6) is -1.10. The summed E-state index contributed by atoms with van der Waals surface area (Å²) < 4.78 is 0. The van der Waals surface area contributed by atoms with E-state index >= 15 is 0 Å². The number of nitrogens with one attached hydrogen (secondary N) is 1. The molecule has 22 heavy (non-hydrogen) atoms. The van der Waals surface area contributed by atoms with Crippen LogP contribution in [0.25, 0.3) is 0 Å². The number of carbonyl (C=O) groups excluding carboxylic acids is 1. The summed E-state index contributed by atoms with van der Waals surface area (Å²) in [4.78, 5) is 11.6. The average Bonchev–Trinajstić information content (AvgIpc) is 2.53. The molecule has 0 unspecified atom stereocenters. The molecule has 8 nitrogen and oxygen atoms in total. The van der Waals surface area contributed by atoms with Crippen LogP contribution in [-0.2, 0) is 4.79 Å². The van der Waals surface area contributed by atoms with Gasteiger partial charge in [-0.3, -0.25) is 4.79 Å². The molecular weight excluding hydrogens is 316 g/mol. The highest BCUT2D eigenvalue weighted by molar-refractivity contribution is 6.33. The zero-order chi connectivity index (χ0) is 16.7. The summed E-state index contributed by atoms with van der Waals surface area (Å²) in [5.41, 5.74) is 2.48. The summed E-state index contributed by atoms with van der Waals surface area (Å²) in [6.45, 7) is -0.836. The molecule has 0 aliphatic carbocycles. The van der Waals surface area contributed by atoms with Crippen LogP contribution in [-0.4, -0.2) is 68.7 Å². The van der Waals surface area contributed by atoms with E-state index < -0.39 is 36.9 Å². The molecule has 0 aliphatic rings. The molecule has 1 aromatic carbocycles. The first-order valence-corrected chi connectivity index (χ1v) is 6.66. The number of aliphatic hydroxyl groups is 5. The molecule has 0 aliphatic heterocycles.